The van der Waals surface area contributed by atoms with Gasteiger partial charge in [0.05, 0.1) is 18.1 Å². The van der Waals surface area contributed by atoms with Crippen LogP contribution >= 0.6 is 0 Å². The van der Waals surface area contributed by atoms with E-state index >= 15 is 0 Å². The Labute approximate surface area is 87.8 Å². The molecule has 0 atom stereocenters. The normalized spacial score (nSPS) is 10.1. The molecule has 0 bridgehead atoms. The van der Waals surface area contributed by atoms with E-state index in [1.807, 2.05) is 13.8 Å². The SMILES string of the molecule is COc1ccc([N+](=O)[O-])c(OC(C)C)c1. The smallest absolute Gasteiger partial charge is 0.311 e. The fourth-order valence-corrected chi connectivity index (χ4v) is 1.12. The molecule has 0 radical (unpaired) electrons. The topological polar surface area (TPSA) is 61.6 Å². The summed E-state index contributed by atoms with van der Waals surface area (Å²) in [7, 11) is 1.50. The van der Waals surface area contributed by atoms with E-state index < -0.39 is 4.92 Å². The van der Waals surface area contributed by atoms with E-state index in [9.17, 15) is 10.1 Å². The van der Waals surface area contributed by atoms with Gasteiger partial charge in [0.25, 0.3) is 0 Å². The maximum atomic E-state index is 10.7. The second kappa shape index (κ2) is 4.63. The quantitative estimate of drug-likeness (QED) is 0.566. The van der Waals surface area contributed by atoms with Crippen molar-refractivity contribution in [3.8, 4) is 11.5 Å². The Balaban J connectivity index is 3.10. The van der Waals surface area contributed by atoms with Crippen LogP contribution in [0.4, 0.5) is 5.69 Å². The average molecular weight is 211 g/mol. The summed E-state index contributed by atoms with van der Waals surface area (Å²) in [5.41, 5.74) is -0.0514. The van der Waals surface area contributed by atoms with Crippen molar-refractivity contribution in [1.82, 2.24) is 0 Å². The molecule has 0 aromatic heterocycles. The third kappa shape index (κ3) is 2.83. The van der Waals surface area contributed by atoms with Crippen LogP contribution < -0.4 is 9.47 Å². The van der Waals surface area contributed by atoms with Crippen molar-refractivity contribution in [2.24, 2.45) is 0 Å². The van der Waals surface area contributed by atoms with E-state index in [0.29, 0.717) is 5.75 Å². The lowest BCUT2D eigenvalue weighted by molar-refractivity contribution is -0.386. The molecule has 5 nitrogen and oxygen atoms in total. The van der Waals surface area contributed by atoms with Crippen molar-refractivity contribution >= 4 is 5.69 Å². The van der Waals surface area contributed by atoms with Gasteiger partial charge in [0.1, 0.15) is 5.75 Å². The molecule has 1 rings (SSSR count). The van der Waals surface area contributed by atoms with Crippen molar-refractivity contribution in [2.75, 3.05) is 7.11 Å². The molecule has 0 spiro atoms. The Kier molecular flexibility index (Phi) is 3.49. The van der Waals surface area contributed by atoms with Gasteiger partial charge in [0.15, 0.2) is 0 Å². The van der Waals surface area contributed by atoms with E-state index in [4.69, 9.17) is 9.47 Å². The average Bonchev–Trinajstić information content (AvgIpc) is 2.16. The minimum atomic E-state index is -0.475. The van der Waals surface area contributed by atoms with Crippen molar-refractivity contribution < 1.29 is 14.4 Å². The van der Waals surface area contributed by atoms with Crippen LogP contribution in [0.15, 0.2) is 18.2 Å². The van der Waals surface area contributed by atoms with E-state index in [1.165, 1.54) is 25.3 Å². The summed E-state index contributed by atoms with van der Waals surface area (Å²) in [6, 6.07) is 4.42. The zero-order valence-corrected chi connectivity index (χ0v) is 8.89. The van der Waals surface area contributed by atoms with Crippen LogP contribution in [0.1, 0.15) is 13.8 Å². The van der Waals surface area contributed by atoms with E-state index in [2.05, 4.69) is 0 Å². The molecule has 0 aliphatic carbocycles. The van der Waals surface area contributed by atoms with Gasteiger partial charge in [-0.3, -0.25) is 10.1 Å². The molecule has 5 heteroatoms. The Hall–Kier alpha value is -1.78. The summed E-state index contributed by atoms with van der Waals surface area (Å²) in [5.74, 6) is 0.769. The minimum Gasteiger partial charge on any atom is -0.497 e. The molecule has 0 heterocycles. The van der Waals surface area contributed by atoms with Gasteiger partial charge in [0, 0.05) is 12.1 Å². The predicted octanol–water partition coefficient (Wildman–Crippen LogP) is 2.39. The lowest BCUT2D eigenvalue weighted by atomic mass is 10.2. The summed E-state index contributed by atoms with van der Waals surface area (Å²) in [6.07, 6.45) is -0.115. The van der Waals surface area contributed by atoms with Crippen LogP contribution in [-0.4, -0.2) is 18.1 Å². The molecule has 0 aliphatic heterocycles. The molecule has 1 aromatic carbocycles. The highest BCUT2D eigenvalue weighted by atomic mass is 16.6. The van der Waals surface area contributed by atoms with Gasteiger partial charge in [-0.05, 0) is 19.9 Å². The predicted molar refractivity (Wildman–Crippen MR) is 55.4 cm³/mol. The van der Waals surface area contributed by atoms with Gasteiger partial charge in [-0.2, -0.15) is 0 Å². The Morgan fingerprint density at radius 1 is 1.40 bits per heavy atom. The van der Waals surface area contributed by atoms with Crippen molar-refractivity contribution in [2.45, 2.75) is 20.0 Å². The Bertz CT molecular complexity index is 362. The minimum absolute atomic E-state index is 0.0514. The molecule has 0 N–H and O–H groups in total. The number of benzene rings is 1. The number of nitro groups is 1. The lowest BCUT2D eigenvalue weighted by Crippen LogP contribution is -2.07. The fourth-order valence-electron chi connectivity index (χ4n) is 1.12. The molecule has 0 unspecified atom stereocenters. The number of nitrogens with zero attached hydrogens (tertiary/aromatic N) is 1. The molecule has 0 aliphatic rings. The highest BCUT2D eigenvalue weighted by molar-refractivity contribution is 5.50. The highest BCUT2D eigenvalue weighted by Crippen LogP contribution is 2.31. The van der Waals surface area contributed by atoms with Crippen molar-refractivity contribution in [1.29, 1.82) is 0 Å². The first kappa shape index (κ1) is 11.3. The molecular weight excluding hydrogens is 198 g/mol. The summed E-state index contributed by atoms with van der Waals surface area (Å²) in [4.78, 5) is 10.2. The molecule has 0 amide bonds. The number of hydrogen-bond donors (Lipinski definition) is 0. The van der Waals surface area contributed by atoms with Crippen molar-refractivity contribution in [3.63, 3.8) is 0 Å². The summed E-state index contributed by atoms with van der Waals surface area (Å²) >= 11 is 0. The Morgan fingerprint density at radius 2 is 2.07 bits per heavy atom. The number of rotatable bonds is 4. The molecule has 0 fully saturated rings. The molecule has 15 heavy (non-hydrogen) atoms. The van der Waals surface area contributed by atoms with Crippen LogP contribution in [0.2, 0.25) is 0 Å². The molecule has 0 saturated carbocycles. The van der Waals surface area contributed by atoms with Gasteiger partial charge >= 0.3 is 5.69 Å². The summed E-state index contributed by atoms with van der Waals surface area (Å²) < 4.78 is 10.3. The third-order valence-electron chi connectivity index (χ3n) is 1.73. The fraction of sp³-hybridized carbons (Fsp3) is 0.400. The molecular formula is C10H13NO4. The maximum Gasteiger partial charge on any atom is 0.311 e. The van der Waals surface area contributed by atoms with E-state index in [1.54, 1.807) is 0 Å². The van der Waals surface area contributed by atoms with Crippen LogP contribution in [0.5, 0.6) is 11.5 Å². The van der Waals surface area contributed by atoms with Crippen LogP contribution in [0.25, 0.3) is 0 Å². The number of hydrogen-bond acceptors (Lipinski definition) is 4. The summed E-state index contributed by atoms with van der Waals surface area (Å²) in [6.45, 7) is 3.62. The monoisotopic (exact) mass is 211 g/mol. The zero-order valence-electron chi connectivity index (χ0n) is 8.89. The lowest BCUT2D eigenvalue weighted by Gasteiger charge is -2.10. The van der Waals surface area contributed by atoms with Crippen LogP contribution in [0.3, 0.4) is 0 Å². The van der Waals surface area contributed by atoms with E-state index in [0.717, 1.165) is 0 Å². The third-order valence-corrected chi connectivity index (χ3v) is 1.73. The standard InChI is InChI=1S/C10H13NO4/c1-7(2)15-10-6-8(14-3)4-5-9(10)11(12)13/h4-7H,1-3H3. The molecule has 82 valence electrons. The van der Waals surface area contributed by atoms with Crippen LogP contribution in [-0.2, 0) is 0 Å². The largest absolute Gasteiger partial charge is 0.497 e. The van der Waals surface area contributed by atoms with Gasteiger partial charge in [-0.25, -0.2) is 0 Å². The molecule has 1 aromatic rings. The first-order valence-corrected chi connectivity index (χ1v) is 4.53. The number of ether oxygens (including phenoxy) is 2. The Morgan fingerprint density at radius 3 is 2.53 bits per heavy atom. The van der Waals surface area contributed by atoms with Crippen LogP contribution in [0, 0.1) is 10.1 Å². The van der Waals surface area contributed by atoms with Gasteiger partial charge in [-0.1, -0.05) is 0 Å². The first-order chi connectivity index (χ1) is 7.04. The highest BCUT2D eigenvalue weighted by Gasteiger charge is 2.16. The maximum absolute atomic E-state index is 10.7. The van der Waals surface area contributed by atoms with Gasteiger partial charge in [-0.15, -0.1) is 0 Å². The zero-order chi connectivity index (χ0) is 11.4. The number of nitro benzene ring substituents is 1. The van der Waals surface area contributed by atoms with Gasteiger partial charge in [0.2, 0.25) is 5.75 Å². The molecule has 0 saturated heterocycles. The second-order valence-electron chi connectivity index (χ2n) is 3.26. The number of methoxy groups -OCH3 is 1. The van der Waals surface area contributed by atoms with Gasteiger partial charge < -0.3 is 9.47 Å². The van der Waals surface area contributed by atoms with E-state index in [-0.39, 0.29) is 17.5 Å². The summed E-state index contributed by atoms with van der Waals surface area (Å²) in [5, 5.41) is 10.7. The van der Waals surface area contributed by atoms with Crippen molar-refractivity contribution in [3.05, 3.63) is 28.3 Å². The second-order valence-corrected chi connectivity index (χ2v) is 3.26. The first-order valence-electron chi connectivity index (χ1n) is 4.53.